The Balaban J connectivity index is 1.23. The Kier molecular flexibility index (Phi) is 5.97. The van der Waals surface area contributed by atoms with Gasteiger partial charge < -0.3 is 25.2 Å². The van der Waals surface area contributed by atoms with Crippen molar-refractivity contribution < 1.29 is 19.1 Å². The van der Waals surface area contributed by atoms with Gasteiger partial charge in [-0.3, -0.25) is 9.59 Å². The summed E-state index contributed by atoms with van der Waals surface area (Å²) in [4.78, 5) is 42.8. The van der Waals surface area contributed by atoms with Crippen LogP contribution in [-0.2, 0) is 14.3 Å². The highest BCUT2D eigenvalue weighted by atomic mass is 16.6. The van der Waals surface area contributed by atoms with Crippen molar-refractivity contribution in [2.45, 2.75) is 75.9 Å². The summed E-state index contributed by atoms with van der Waals surface area (Å²) in [5.41, 5.74) is 3.98. The lowest BCUT2D eigenvalue weighted by atomic mass is 9.90. The summed E-state index contributed by atoms with van der Waals surface area (Å²) in [7, 11) is 2.20. The van der Waals surface area contributed by atoms with E-state index in [2.05, 4.69) is 11.9 Å². The first-order valence-corrected chi connectivity index (χ1v) is 11.6. The lowest BCUT2D eigenvalue weighted by molar-refractivity contribution is -0.145. The highest BCUT2D eigenvalue weighted by molar-refractivity contribution is 6.07. The maximum absolute atomic E-state index is 12.7. The van der Waals surface area contributed by atoms with Gasteiger partial charge in [0.2, 0.25) is 11.8 Å². The maximum Gasteiger partial charge on any atom is 0.410 e. The average Bonchev–Trinajstić information content (AvgIpc) is 3.50. The number of nitrogens with two attached hydrogens (primary N) is 1. The topological polar surface area (TPSA) is 96.2 Å². The Morgan fingerprint density at radius 1 is 1.13 bits per heavy atom. The molecule has 2 N–H and O–H groups in total. The third-order valence-electron chi connectivity index (χ3n) is 7.77. The molecule has 0 aromatic heterocycles. The number of carbonyl (C=O) groups excluding carboxylic acids is 3. The second-order valence-corrected chi connectivity index (χ2v) is 9.84. The van der Waals surface area contributed by atoms with Gasteiger partial charge in [0, 0.05) is 38.5 Å². The van der Waals surface area contributed by atoms with Gasteiger partial charge in [-0.15, -0.1) is 0 Å². The minimum atomic E-state index is -0.965. The summed E-state index contributed by atoms with van der Waals surface area (Å²) in [6, 6.07) is 0.688. The van der Waals surface area contributed by atoms with Crippen molar-refractivity contribution in [1.82, 2.24) is 14.7 Å². The molecule has 0 unspecified atom stereocenters. The van der Waals surface area contributed by atoms with Gasteiger partial charge in [-0.1, -0.05) is 19.3 Å². The number of ether oxygens (including phenoxy) is 1. The van der Waals surface area contributed by atoms with Crippen LogP contribution >= 0.6 is 0 Å². The SMILES string of the molecule is CN(CCCN1CC2(CCN(C(=O)C3(C(N)=O)CC3)CC2)OC1=O)C1CCCCC1. The van der Waals surface area contributed by atoms with Crippen molar-refractivity contribution in [3.05, 3.63) is 0 Å². The van der Waals surface area contributed by atoms with E-state index in [9.17, 15) is 14.4 Å². The molecule has 1 spiro atoms. The van der Waals surface area contributed by atoms with Gasteiger partial charge in [0.1, 0.15) is 11.0 Å². The van der Waals surface area contributed by atoms with Gasteiger partial charge in [0.25, 0.3) is 0 Å². The van der Waals surface area contributed by atoms with Crippen LogP contribution in [0.4, 0.5) is 4.79 Å². The smallest absolute Gasteiger partial charge is 0.410 e. The number of nitrogens with zero attached hydrogens (tertiary/aromatic N) is 3. The normalized spacial score (nSPS) is 25.6. The quantitative estimate of drug-likeness (QED) is 0.633. The zero-order chi connectivity index (χ0) is 21.4. The second-order valence-electron chi connectivity index (χ2n) is 9.84. The van der Waals surface area contributed by atoms with Crippen molar-refractivity contribution >= 4 is 17.9 Å². The highest BCUT2D eigenvalue weighted by Crippen LogP contribution is 2.47. The lowest BCUT2D eigenvalue weighted by Gasteiger charge is -2.38. The largest absolute Gasteiger partial charge is 0.441 e. The molecule has 0 atom stereocenters. The monoisotopic (exact) mass is 420 g/mol. The maximum atomic E-state index is 12.7. The summed E-state index contributed by atoms with van der Waals surface area (Å²) < 4.78 is 5.80. The summed E-state index contributed by atoms with van der Waals surface area (Å²) in [6.45, 7) is 3.34. The van der Waals surface area contributed by atoms with Crippen molar-refractivity contribution in [2.24, 2.45) is 11.1 Å². The van der Waals surface area contributed by atoms with Crippen LogP contribution in [-0.4, -0.2) is 84.0 Å². The molecular formula is C22H36N4O4. The van der Waals surface area contributed by atoms with Crippen molar-refractivity contribution in [3.63, 3.8) is 0 Å². The molecule has 4 fully saturated rings. The van der Waals surface area contributed by atoms with Crippen LogP contribution in [0.15, 0.2) is 0 Å². The number of carbonyl (C=O) groups is 3. The van der Waals surface area contributed by atoms with Gasteiger partial charge in [0.15, 0.2) is 0 Å². The molecule has 2 saturated carbocycles. The number of hydrogen-bond acceptors (Lipinski definition) is 5. The minimum absolute atomic E-state index is 0.142. The second kappa shape index (κ2) is 8.36. The van der Waals surface area contributed by atoms with E-state index in [-0.39, 0.29) is 12.0 Å². The summed E-state index contributed by atoms with van der Waals surface area (Å²) in [5.74, 6) is -0.652. The average molecular weight is 421 g/mol. The van der Waals surface area contributed by atoms with E-state index in [1.54, 1.807) is 4.90 Å². The highest BCUT2D eigenvalue weighted by Gasteiger charge is 2.58. The third kappa shape index (κ3) is 4.15. The van der Waals surface area contributed by atoms with E-state index in [1.807, 2.05) is 4.90 Å². The zero-order valence-electron chi connectivity index (χ0n) is 18.2. The number of likely N-dealkylation sites (tertiary alicyclic amines) is 1. The van der Waals surface area contributed by atoms with Gasteiger partial charge in [-0.25, -0.2) is 4.79 Å². The van der Waals surface area contributed by atoms with Crippen molar-refractivity contribution in [3.8, 4) is 0 Å². The fraction of sp³-hybridized carbons (Fsp3) is 0.864. The van der Waals surface area contributed by atoms with Gasteiger partial charge in [0.05, 0.1) is 6.54 Å². The van der Waals surface area contributed by atoms with Gasteiger partial charge >= 0.3 is 6.09 Å². The van der Waals surface area contributed by atoms with Crippen LogP contribution in [0.5, 0.6) is 0 Å². The van der Waals surface area contributed by atoms with E-state index in [1.165, 1.54) is 32.1 Å². The Labute approximate surface area is 179 Å². The molecule has 2 aliphatic carbocycles. The summed E-state index contributed by atoms with van der Waals surface area (Å²) in [6.07, 6.45) is 9.67. The van der Waals surface area contributed by atoms with E-state index >= 15 is 0 Å². The summed E-state index contributed by atoms with van der Waals surface area (Å²) >= 11 is 0. The fourth-order valence-electron chi connectivity index (χ4n) is 5.45. The van der Waals surface area contributed by atoms with E-state index < -0.39 is 16.9 Å². The Morgan fingerprint density at radius 2 is 1.80 bits per heavy atom. The molecule has 0 aromatic carbocycles. The molecule has 4 rings (SSSR count). The molecule has 8 heteroatoms. The molecule has 30 heavy (non-hydrogen) atoms. The fourth-order valence-corrected chi connectivity index (χ4v) is 5.45. The van der Waals surface area contributed by atoms with E-state index in [0.29, 0.717) is 57.9 Å². The molecule has 168 valence electrons. The Bertz CT molecular complexity index is 679. The van der Waals surface area contributed by atoms with E-state index in [4.69, 9.17) is 10.5 Å². The molecule has 8 nitrogen and oxygen atoms in total. The molecule has 2 saturated heterocycles. The standard InChI is InChI=1S/C22H36N4O4/c1-24(17-6-3-2-4-7-17)12-5-13-26-16-21(30-20(26)29)10-14-25(15-11-21)19(28)22(8-9-22)18(23)27/h17H,2-16H2,1H3,(H2,23,27). The number of hydrogen-bond donors (Lipinski definition) is 1. The van der Waals surface area contributed by atoms with Crippen molar-refractivity contribution in [1.29, 1.82) is 0 Å². The molecule has 0 aromatic rings. The Morgan fingerprint density at radius 3 is 2.40 bits per heavy atom. The van der Waals surface area contributed by atoms with E-state index in [0.717, 1.165) is 13.0 Å². The number of rotatable bonds is 7. The molecule has 4 aliphatic rings. The number of primary amides is 1. The van der Waals surface area contributed by atoms with Gasteiger partial charge in [-0.2, -0.15) is 0 Å². The molecule has 2 heterocycles. The molecule has 0 bridgehead atoms. The summed E-state index contributed by atoms with van der Waals surface area (Å²) in [5, 5.41) is 0. The lowest BCUT2D eigenvalue weighted by Crippen LogP contribution is -2.52. The first-order chi connectivity index (χ1) is 14.4. The van der Waals surface area contributed by atoms with Crippen LogP contribution in [0.1, 0.15) is 64.2 Å². The van der Waals surface area contributed by atoms with Gasteiger partial charge in [-0.05, 0) is 45.7 Å². The first kappa shape index (κ1) is 21.4. The minimum Gasteiger partial charge on any atom is -0.441 e. The Hall–Kier alpha value is -1.83. The van der Waals surface area contributed by atoms with Crippen LogP contribution in [0.2, 0.25) is 0 Å². The van der Waals surface area contributed by atoms with Crippen LogP contribution < -0.4 is 5.73 Å². The van der Waals surface area contributed by atoms with Crippen molar-refractivity contribution in [2.75, 3.05) is 39.8 Å². The predicted molar refractivity (Wildman–Crippen MR) is 112 cm³/mol. The first-order valence-electron chi connectivity index (χ1n) is 11.6. The predicted octanol–water partition coefficient (Wildman–Crippen LogP) is 1.72. The third-order valence-corrected chi connectivity index (χ3v) is 7.77. The zero-order valence-corrected chi connectivity index (χ0v) is 18.2. The number of amides is 3. The number of piperidine rings is 1. The van der Waals surface area contributed by atoms with Crippen LogP contribution in [0.3, 0.4) is 0 Å². The molecule has 0 radical (unpaired) electrons. The van der Waals surface area contributed by atoms with Crippen LogP contribution in [0, 0.1) is 5.41 Å². The molecule has 2 aliphatic heterocycles. The molecule has 3 amide bonds. The molecular weight excluding hydrogens is 384 g/mol. The van der Waals surface area contributed by atoms with Crippen LogP contribution in [0.25, 0.3) is 0 Å².